The van der Waals surface area contributed by atoms with E-state index < -0.39 is 0 Å². The van der Waals surface area contributed by atoms with Crippen LogP contribution >= 0.6 is 0 Å². The average Bonchev–Trinajstić information content (AvgIpc) is 2.05. The van der Waals surface area contributed by atoms with Crippen LogP contribution in [0.3, 0.4) is 0 Å². The molecule has 2 heteroatoms. The predicted molar refractivity (Wildman–Crippen MR) is 43.3 cm³/mol. The predicted octanol–water partition coefficient (Wildman–Crippen LogP) is 1.66. The maximum Gasteiger partial charge on any atom is 0.161 e. The minimum absolute atomic E-state index is 0.0492. The lowest BCUT2D eigenvalue weighted by Gasteiger charge is -1.96. The van der Waals surface area contributed by atoms with E-state index in [2.05, 4.69) is 11.9 Å². The fourth-order valence-electron chi connectivity index (χ4n) is 0.781. The zero-order valence-corrected chi connectivity index (χ0v) is 6.50. The number of carbonyl (C=O) groups is 1. The van der Waals surface area contributed by atoms with E-state index in [9.17, 15) is 4.79 Å². The van der Waals surface area contributed by atoms with Crippen molar-refractivity contribution in [3.63, 3.8) is 0 Å². The summed E-state index contributed by atoms with van der Waals surface area (Å²) in [5.74, 6) is 0.0492. The molecule has 0 spiro atoms. The molecule has 1 rings (SSSR count). The van der Waals surface area contributed by atoms with Gasteiger partial charge in [0.15, 0.2) is 5.78 Å². The number of nitrogens with zero attached hydrogens (tertiary/aromatic N) is 1. The van der Waals surface area contributed by atoms with E-state index in [1.807, 2.05) is 6.07 Å². The fraction of sp³-hybridized carbons (Fsp3) is 0.222. The second-order valence-electron chi connectivity index (χ2n) is 2.34. The number of rotatable bonds is 2. The molecule has 1 aromatic heterocycles. The lowest BCUT2D eigenvalue weighted by Crippen LogP contribution is -1.94. The summed E-state index contributed by atoms with van der Waals surface area (Å²) in [6, 6.07) is 3.60. The van der Waals surface area contributed by atoms with Crippen molar-refractivity contribution in [3.8, 4) is 0 Å². The number of carbonyl (C=O) groups excluding carboxylic acids is 1. The van der Waals surface area contributed by atoms with Gasteiger partial charge in [-0.2, -0.15) is 0 Å². The first kappa shape index (κ1) is 7.92. The van der Waals surface area contributed by atoms with Gasteiger partial charge in [0.05, 0.1) is 0 Å². The Bertz CT molecular complexity index is 251. The highest BCUT2D eigenvalue weighted by atomic mass is 16.1. The molecule has 0 aliphatic heterocycles. The van der Waals surface area contributed by atoms with Crippen molar-refractivity contribution in [2.24, 2.45) is 0 Å². The number of pyridine rings is 1. The Labute approximate surface area is 66.3 Å². The molecule has 0 N–H and O–H groups in total. The number of ketones is 1. The molecule has 0 amide bonds. The van der Waals surface area contributed by atoms with Gasteiger partial charge in [-0.25, -0.2) is 0 Å². The molecule has 0 saturated carbocycles. The van der Waals surface area contributed by atoms with Gasteiger partial charge in [-0.05, 0) is 32.4 Å². The van der Waals surface area contributed by atoms with Gasteiger partial charge >= 0.3 is 0 Å². The molecular formula is C9H10NO. The highest BCUT2D eigenvalue weighted by Crippen LogP contribution is 2.00. The molecule has 0 aromatic carbocycles. The number of Topliss-reactive ketones (excluding diaryl/α,β-unsaturated/α-hetero) is 1. The first-order chi connectivity index (χ1) is 5.24. The lowest BCUT2D eigenvalue weighted by molar-refractivity contribution is 0.101. The Morgan fingerprint density at radius 3 is 2.73 bits per heavy atom. The van der Waals surface area contributed by atoms with Crippen molar-refractivity contribution in [3.05, 3.63) is 36.5 Å². The fourth-order valence-corrected chi connectivity index (χ4v) is 0.781. The molecule has 2 nitrogen and oxygen atoms in total. The zero-order valence-electron chi connectivity index (χ0n) is 6.50. The summed E-state index contributed by atoms with van der Waals surface area (Å²) in [4.78, 5) is 14.8. The highest BCUT2D eigenvalue weighted by molar-refractivity contribution is 5.93. The van der Waals surface area contributed by atoms with Crippen molar-refractivity contribution in [1.82, 2.24) is 4.98 Å². The van der Waals surface area contributed by atoms with Gasteiger partial charge in [-0.1, -0.05) is 0 Å². The normalized spacial score (nSPS) is 9.64. The van der Waals surface area contributed by atoms with Gasteiger partial charge in [-0.15, -0.1) is 0 Å². The topological polar surface area (TPSA) is 30.0 Å². The van der Waals surface area contributed by atoms with Crippen LogP contribution in [0, 0.1) is 6.92 Å². The second kappa shape index (κ2) is 3.28. The van der Waals surface area contributed by atoms with Gasteiger partial charge in [-0.3, -0.25) is 9.78 Å². The van der Waals surface area contributed by atoms with Gasteiger partial charge in [0.1, 0.15) is 0 Å². The van der Waals surface area contributed by atoms with Gasteiger partial charge < -0.3 is 0 Å². The van der Waals surface area contributed by atoms with Crippen molar-refractivity contribution in [1.29, 1.82) is 0 Å². The highest BCUT2D eigenvalue weighted by Gasteiger charge is 1.97. The van der Waals surface area contributed by atoms with Crippen LogP contribution in [0.15, 0.2) is 18.3 Å². The second-order valence-corrected chi connectivity index (χ2v) is 2.34. The van der Waals surface area contributed by atoms with Crippen LogP contribution in [-0.2, 0) is 6.42 Å². The van der Waals surface area contributed by atoms with E-state index in [0.717, 1.165) is 5.69 Å². The third kappa shape index (κ3) is 1.87. The van der Waals surface area contributed by atoms with E-state index in [4.69, 9.17) is 0 Å². The van der Waals surface area contributed by atoms with E-state index in [1.165, 1.54) is 6.92 Å². The summed E-state index contributed by atoms with van der Waals surface area (Å²) in [6.07, 6.45) is 2.25. The van der Waals surface area contributed by atoms with Crippen LogP contribution < -0.4 is 0 Å². The monoisotopic (exact) mass is 148 g/mol. The molecule has 11 heavy (non-hydrogen) atoms. The molecule has 1 radical (unpaired) electrons. The summed E-state index contributed by atoms with van der Waals surface area (Å²) in [6.45, 7) is 5.21. The lowest BCUT2D eigenvalue weighted by atomic mass is 10.2. The maximum absolute atomic E-state index is 10.8. The summed E-state index contributed by atoms with van der Waals surface area (Å²) >= 11 is 0. The van der Waals surface area contributed by atoms with Crippen molar-refractivity contribution < 1.29 is 4.79 Å². The largest absolute Gasteiger partial charge is 0.294 e. The van der Waals surface area contributed by atoms with Crippen LogP contribution in [0.1, 0.15) is 23.0 Å². The summed E-state index contributed by atoms with van der Waals surface area (Å²) in [5, 5.41) is 0. The molecule has 1 heterocycles. The van der Waals surface area contributed by atoms with Crippen LogP contribution in [-0.4, -0.2) is 10.8 Å². The average molecular weight is 148 g/mol. The van der Waals surface area contributed by atoms with Crippen molar-refractivity contribution in [2.75, 3.05) is 0 Å². The minimum Gasteiger partial charge on any atom is -0.294 e. The van der Waals surface area contributed by atoms with Crippen molar-refractivity contribution in [2.45, 2.75) is 13.3 Å². The molecule has 0 unspecified atom stereocenters. The number of hydrogen-bond donors (Lipinski definition) is 0. The van der Waals surface area contributed by atoms with E-state index in [0.29, 0.717) is 12.0 Å². The molecule has 0 fully saturated rings. The van der Waals surface area contributed by atoms with Gasteiger partial charge in [0, 0.05) is 17.5 Å². The first-order valence-corrected chi connectivity index (χ1v) is 3.49. The number of hydrogen-bond acceptors (Lipinski definition) is 2. The van der Waals surface area contributed by atoms with Crippen LogP contribution in [0.5, 0.6) is 0 Å². The zero-order chi connectivity index (χ0) is 8.27. The Morgan fingerprint density at radius 1 is 1.64 bits per heavy atom. The number of aromatic nitrogens is 1. The van der Waals surface area contributed by atoms with E-state index in [1.54, 1.807) is 12.3 Å². The van der Waals surface area contributed by atoms with E-state index >= 15 is 0 Å². The van der Waals surface area contributed by atoms with Crippen molar-refractivity contribution >= 4 is 5.78 Å². The van der Waals surface area contributed by atoms with Gasteiger partial charge in [0.2, 0.25) is 0 Å². The standard InChI is InChI=1S/C9H10NO/c1-3-9-5-4-8(6-10-9)7(2)11/h4-6H,1,3H2,2H3. The minimum atomic E-state index is 0.0492. The van der Waals surface area contributed by atoms with Crippen LogP contribution in [0.2, 0.25) is 0 Å². The molecular weight excluding hydrogens is 138 g/mol. The third-order valence-electron chi connectivity index (χ3n) is 1.49. The summed E-state index contributed by atoms with van der Waals surface area (Å²) in [7, 11) is 0. The molecule has 0 bridgehead atoms. The molecule has 57 valence electrons. The summed E-state index contributed by atoms with van der Waals surface area (Å²) < 4.78 is 0. The molecule has 1 aromatic rings. The third-order valence-corrected chi connectivity index (χ3v) is 1.49. The van der Waals surface area contributed by atoms with Crippen LogP contribution in [0.4, 0.5) is 0 Å². The molecule has 0 saturated heterocycles. The SMILES string of the molecule is [CH2]Cc1ccc(C(C)=O)cn1. The first-order valence-electron chi connectivity index (χ1n) is 3.49. The Hall–Kier alpha value is -1.18. The molecule has 0 aliphatic carbocycles. The molecule has 0 aliphatic rings. The quantitative estimate of drug-likeness (QED) is 0.597. The van der Waals surface area contributed by atoms with E-state index in [-0.39, 0.29) is 5.78 Å². The van der Waals surface area contributed by atoms with Gasteiger partial charge in [0.25, 0.3) is 0 Å². The summed E-state index contributed by atoms with van der Waals surface area (Å²) in [5.41, 5.74) is 1.57. The Balaban J connectivity index is 2.91. The molecule has 0 atom stereocenters. The Morgan fingerprint density at radius 2 is 2.36 bits per heavy atom. The maximum atomic E-state index is 10.8. The Kier molecular flexibility index (Phi) is 2.36. The smallest absolute Gasteiger partial charge is 0.161 e. The van der Waals surface area contributed by atoms with Crippen LogP contribution in [0.25, 0.3) is 0 Å².